The summed E-state index contributed by atoms with van der Waals surface area (Å²) >= 11 is 9.69. The first-order valence-electron chi connectivity index (χ1n) is 8.21. The predicted octanol–water partition coefficient (Wildman–Crippen LogP) is 6.09. The van der Waals surface area contributed by atoms with Gasteiger partial charge in [0, 0.05) is 33.1 Å². The summed E-state index contributed by atoms with van der Waals surface area (Å²) in [7, 11) is 0. The number of hydrogen-bond donors (Lipinski definition) is 0. The number of halogens is 1. The number of aryl methyl sites for hydroxylation is 1. The van der Waals surface area contributed by atoms with Crippen LogP contribution in [0.3, 0.4) is 0 Å². The molecular weight excluding hydrogens is 370 g/mol. The Bertz CT molecular complexity index is 854. The van der Waals surface area contributed by atoms with Gasteiger partial charge in [-0.1, -0.05) is 61.0 Å². The first-order chi connectivity index (χ1) is 12.2. The minimum Gasteiger partial charge on any atom is -0.298 e. The van der Waals surface area contributed by atoms with E-state index in [0.717, 1.165) is 45.7 Å². The monoisotopic (exact) mass is 389 g/mol. The van der Waals surface area contributed by atoms with E-state index >= 15 is 0 Å². The zero-order chi connectivity index (χ0) is 17.6. The lowest BCUT2D eigenvalue weighted by Gasteiger charge is -2.07. The van der Waals surface area contributed by atoms with Gasteiger partial charge in [0.15, 0.2) is 11.0 Å². The molecule has 0 atom stereocenters. The fourth-order valence-corrected chi connectivity index (χ4v) is 4.74. The van der Waals surface area contributed by atoms with Crippen LogP contribution in [0.15, 0.2) is 53.5 Å². The summed E-state index contributed by atoms with van der Waals surface area (Å²) in [6, 6.07) is 10.1. The molecule has 25 heavy (non-hydrogen) atoms. The third kappa shape index (κ3) is 4.35. The molecule has 1 aromatic carbocycles. The number of aromatic nitrogens is 3. The Balaban J connectivity index is 1.83. The zero-order valence-electron chi connectivity index (χ0n) is 14.1. The molecule has 0 saturated heterocycles. The molecule has 0 amide bonds. The van der Waals surface area contributed by atoms with Gasteiger partial charge in [-0.05, 0) is 24.1 Å². The highest BCUT2D eigenvalue weighted by molar-refractivity contribution is 7.98. The summed E-state index contributed by atoms with van der Waals surface area (Å²) < 4.78 is 2.12. The fourth-order valence-electron chi connectivity index (χ4n) is 2.54. The quantitative estimate of drug-likeness (QED) is 0.345. The molecule has 3 aromatic rings. The lowest BCUT2D eigenvalue weighted by molar-refractivity contribution is 0.731. The Morgan fingerprint density at radius 3 is 2.92 bits per heavy atom. The van der Waals surface area contributed by atoms with E-state index in [1.165, 1.54) is 4.88 Å². The van der Waals surface area contributed by atoms with Crippen LogP contribution in [0.4, 0.5) is 0 Å². The van der Waals surface area contributed by atoms with E-state index in [4.69, 9.17) is 11.6 Å². The molecule has 0 aliphatic carbocycles. The molecule has 0 spiro atoms. The summed E-state index contributed by atoms with van der Waals surface area (Å²) in [5.74, 6) is 1.67. The third-order valence-electron chi connectivity index (χ3n) is 3.75. The van der Waals surface area contributed by atoms with Crippen LogP contribution >= 0.6 is 34.7 Å². The van der Waals surface area contributed by atoms with Crippen LogP contribution in [0.2, 0.25) is 5.02 Å². The summed E-state index contributed by atoms with van der Waals surface area (Å²) in [5, 5.41) is 12.7. The Labute approximate surface area is 161 Å². The van der Waals surface area contributed by atoms with E-state index in [1.54, 1.807) is 23.1 Å². The second-order valence-electron chi connectivity index (χ2n) is 5.64. The maximum Gasteiger partial charge on any atom is 0.192 e. The topological polar surface area (TPSA) is 30.7 Å². The molecule has 0 aliphatic rings. The number of benzene rings is 1. The number of rotatable bonds is 8. The van der Waals surface area contributed by atoms with Gasteiger partial charge in [0.2, 0.25) is 0 Å². The van der Waals surface area contributed by atoms with E-state index in [0.29, 0.717) is 6.54 Å². The van der Waals surface area contributed by atoms with Crippen LogP contribution in [0.5, 0.6) is 0 Å². The van der Waals surface area contributed by atoms with Crippen molar-refractivity contribution in [3.05, 3.63) is 63.8 Å². The first kappa shape index (κ1) is 18.2. The molecule has 3 nitrogen and oxygen atoms in total. The second kappa shape index (κ2) is 8.70. The number of allylic oxidation sites excluding steroid dienone is 1. The SMILES string of the molecule is C=CCn1c(SCc2ccccc2Cl)nnc1-c1csc(CCC)c1. The van der Waals surface area contributed by atoms with E-state index in [-0.39, 0.29) is 0 Å². The number of thiophene rings is 1. The predicted molar refractivity (Wildman–Crippen MR) is 109 cm³/mol. The normalized spacial score (nSPS) is 11.0. The fraction of sp³-hybridized carbons (Fsp3) is 0.263. The summed E-state index contributed by atoms with van der Waals surface area (Å²) in [4.78, 5) is 1.39. The summed E-state index contributed by atoms with van der Waals surface area (Å²) in [6.45, 7) is 6.76. The number of thioether (sulfide) groups is 1. The molecule has 0 fully saturated rings. The van der Waals surface area contributed by atoms with Gasteiger partial charge in [-0.2, -0.15) is 0 Å². The highest BCUT2D eigenvalue weighted by Crippen LogP contribution is 2.30. The van der Waals surface area contributed by atoms with E-state index in [9.17, 15) is 0 Å². The average Bonchev–Trinajstić information content (AvgIpc) is 3.22. The molecule has 0 N–H and O–H groups in total. The minimum atomic E-state index is 0.687. The zero-order valence-corrected chi connectivity index (χ0v) is 16.5. The lowest BCUT2D eigenvalue weighted by atomic mass is 10.2. The van der Waals surface area contributed by atoms with Gasteiger partial charge in [0.25, 0.3) is 0 Å². The highest BCUT2D eigenvalue weighted by atomic mass is 35.5. The van der Waals surface area contributed by atoms with Gasteiger partial charge in [-0.3, -0.25) is 4.57 Å². The molecule has 130 valence electrons. The van der Waals surface area contributed by atoms with Crippen LogP contribution in [0.1, 0.15) is 23.8 Å². The van der Waals surface area contributed by atoms with Crippen LogP contribution in [0, 0.1) is 0 Å². The van der Waals surface area contributed by atoms with E-state index < -0.39 is 0 Å². The minimum absolute atomic E-state index is 0.687. The van der Waals surface area contributed by atoms with Crippen molar-refractivity contribution >= 4 is 34.7 Å². The van der Waals surface area contributed by atoms with Crippen molar-refractivity contribution in [3.8, 4) is 11.4 Å². The molecule has 0 radical (unpaired) electrons. The maximum absolute atomic E-state index is 6.25. The maximum atomic E-state index is 6.25. The van der Waals surface area contributed by atoms with Crippen molar-refractivity contribution in [1.29, 1.82) is 0 Å². The van der Waals surface area contributed by atoms with E-state index in [1.807, 2.05) is 30.3 Å². The van der Waals surface area contributed by atoms with E-state index in [2.05, 4.69) is 39.7 Å². The van der Waals surface area contributed by atoms with Gasteiger partial charge < -0.3 is 0 Å². The summed E-state index contributed by atoms with van der Waals surface area (Å²) in [5.41, 5.74) is 2.23. The van der Waals surface area contributed by atoms with Crippen molar-refractivity contribution in [2.45, 2.75) is 37.2 Å². The van der Waals surface area contributed by atoms with Gasteiger partial charge >= 0.3 is 0 Å². The van der Waals surface area contributed by atoms with Crippen molar-refractivity contribution < 1.29 is 0 Å². The molecule has 3 rings (SSSR count). The molecule has 6 heteroatoms. The van der Waals surface area contributed by atoms with Crippen molar-refractivity contribution in [2.75, 3.05) is 0 Å². The first-order valence-corrected chi connectivity index (χ1v) is 10.4. The average molecular weight is 390 g/mol. The van der Waals surface area contributed by atoms with Gasteiger partial charge in [-0.15, -0.1) is 28.1 Å². The lowest BCUT2D eigenvalue weighted by Crippen LogP contribution is -2.00. The van der Waals surface area contributed by atoms with Gasteiger partial charge in [0.05, 0.1) is 0 Å². The molecule has 2 aromatic heterocycles. The van der Waals surface area contributed by atoms with Crippen LogP contribution in [0.25, 0.3) is 11.4 Å². The molecule has 0 bridgehead atoms. The van der Waals surface area contributed by atoms with Crippen LogP contribution in [-0.4, -0.2) is 14.8 Å². The Hall–Kier alpha value is -1.56. The Morgan fingerprint density at radius 1 is 1.32 bits per heavy atom. The van der Waals surface area contributed by atoms with Gasteiger partial charge in [0.1, 0.15) is 0 Å². The van der Waals surface area contributed by atoms with Crippen molar-refractivity contribution in [1.82, 2.24) is 14.8 Å². The van der Waals surface area contributed by atoms with Crippen LogP contribution < -0.4 is 0 Å². The molecule has 0 aliphatic heterocycles. The summed E-state index contributed by atoms with van der Waals surface area (Å²) in [6.07, 6.45) is 4.14. The standard InChI is InChI=1S/C19H20ClN3S2/c1-3-7-16-11-15(13-24-16)18-21-22-19(23(18)10-4-2)25-12-14-8-5-6-9-17(14)20/h4-6,8-9,11,13H,2-3,7,10,12H2,1H3. The van der Waals surface area contributed by atoms with Crippen molar-refractivity contribution in [3.63, 3.8) is 0 Å². The smallest absolute Gasteiger partial charge is 0.192 e. The third-order valence-corrected chi connectivity index (χ3v) is 6.13. The van der Waals surface area contributed by atoms with Crippen molar-refractivity contribution in [2.24, 2.45) is 0 Å². The molecule has 0 unspecified atom stereocenters. The molecule has 2 heterocycles. The highest BCUT2D eigenvalue weighted by Gasteiger charge is 2.15. The molecule has 0 saturated carbocycles. The second-order valence-corrected chi connectivity index (χ2v) is 7.98. The van der Waals surface area contributed by atoms with Crippen LogP contribution in [-0.2, 0) is 18.7 Å². The number of hydrogen-bond acceptors (Lipinski definition) is 4. The number of nitrogens with zero attached hydrogens (tertiary/aromatic N) is 3. The largest absolute Gasteiger partial charge is 0.298 e. The molecular formula is C19H20ClN3S2. The Morgan fingerprint density at radius 2 is 2.16 bits per heavy atom. The Kier molecular flexibility index (Phi) is 6.34. The van der Waals surface area contributed by atoms with Gasteiger partial charge in [-0.25, -0.2) is 0 Å².